The average molecular weight is 535 g/mol. The third-order valence-electron chi connectivity index (χ3n) is 5.51. The molecule has 1 saturated heterocycles. The Morgan fingerprint density at radius 1 is 1.18 bits per heavy atom. The number of morpholine rings is 1. The number of anilines is 1. The Balaban J connectivity index is 1.55. The summed E-state index contributed by atoms with van der Waals surface area (Å²) >= 11 is 3.45. The molecule has 0 unspecified atom stereocenters. The van der Waals surface area contributed by atoms with Gasteiger partial charge < -0.3 is 14.8 Å². The molecule has 0 amide bonds. The van der Waals surface area contributed by atoms with Gasteiger partial charge >= 0.3 is 0 Å². The quantitative estimate of drug-likeness (QED) is 0.230. The highest BCUT2D eigenvalue weighted by Gasteiger charge is 2.19. The first-order valence-corrected chi connectivity index (χ1v) is 15.9. The second-order valence-corrected chi connectivity index (χ2v) is 15.8. The van der Waals surface area contributed by atoms with Crippen molar-refractivity contribution >= 4 is 41.0 Å². The molecule has 9 nitrogen and oxygen atoms in total. The van der Waals surface area contributed by atoms with Crippen LogP contribution in [0.1, 0.15) is 5.69 Å². The van der Waals surface area contributed by atoms with Crippen molar-refractivity contribution in [3.8, 4) is 11.4 Å². The molecule has 0 atom stereocenters. The number of H-pyrrole nitrogens is 1. The fourth-order valence-electron chi connectivity index (χ4n) is 3.61. The average Bonchev–Trinajstić information content (AvgIpc) is 3.21. The SMILES string of the molecule is C[Si](C)(C)CCOCc1nc(NCCN2CCOCC2)nc2n[nH]c(-c3cccc(Br)n3)c12. The summed E-state index contributed by atoms with van der Waals surface area (Å²) in [5.41, 5.74) is 3.01. The van der Waals surface area contributed by atoms with E-state index >= 15 is 0 Å². The molecular formula is C22H32BrN7O2Si. The van der Waals surface area contributed by atoms with Gasteiger partial charge in [0.2, 0.25) is 5.95 Å². The van der Waals surface area contributed by atoms with E-state index in [2.05, 4.69) is 66.0 Å². The Hall–Kier alpha value is -1.92. The van der Waals surface area contributed by atoms with Crippen LogP contribution >= 0.6 is 15.9 Å². The van der Waals surface area contributed by atoms with Crippen molar-refractivity contribution < 1.29 is 9.47 Å². The molecule has 0 spiro atoms. The van der Waals surface area contributed by atoms with Crippen molar-refractivity contribution in [3.05, 3.63) is 28.5 Å². The summed E-state index contributed by atoms with van der Waals surface area (Å²) in [6, 6.07) is 6.90. The van der Waals surface area contributed by atoms with E-state index < -0.39 is 8.07 Å². The minimum absolute atomic E-state index is 0.405. The Morgan fingerprint density at radius 2 is 2.00 bits per heavy atom. The molecule has 0 aromatic carbocycles. The summed E-state index contributed by atoms with van der Waals surface area (Å²) in [6.45, 7) is 13.4. The van der Waals surface area contributed by atoms with Crippen molar-refractivity contribution in [1.82, 2.24) is 30.0 Å². The topological polar surface area (TPSA) is 101 Å². The fraction of sp³-hybridized carbons (Fsp3) is 0.545. The molecule has 0 radical (unpaired) electrons. The molecule has 178 valence electrons. The van der Waals surface area contributed by atoms with E-state index in [-0.39, 0.29) is 0 Å². The van der Waals surface area contributed by atoms with Gasteiger partial charge in [0, 0.05) is 40.9 Å². The maximum atomic E-state index is 6.07. The van der Waals surface area contributed by atoms with E-state index in [1.807, 2.05) is 18.2 Å². The first kappa shape index (κ1) is 24.2. The first-order chi connectivity index (χ1) is 15.9. The van der Waals surface area contributed by atoms with Crippen LogP contribution in [0.4, 0.5) is 5.95 Å². The summed E-state index contributed by atoms with van der Waals surface area (Å²) in [6.07, 6.45) is 0. The van der Waals surface area contributed by atoms with Crippen molar-refractivity contribution in [2.45, 2.75) is 32.3 Å². The van der Waals surface area contributed by atoms with Crippen molar-refractivity contribution in [1.29, 1.82) is 0 Å². The molecular weight excluding hydrogens is 502 g/mol. The van der Waals surface area contributed by atoms with E-state index in [0.29, 0.717) is 18.2 Å². The summed E-state index contributed by atoms with van der Waals surface area (Å²) in [5, 5.41) is 11.8. The van der Waals surface area contributed by atoms with Gasteiger partial charge in [-0.3, -0.25) is 10.00 Å². The van der Waals surface area contributed by atoms with Crippen LogP contribution in [0.3, 0.4) is 0 Å². The monoisotopic (exact) mass is 533 g/mol. The first-order valence-electron chi connectivity index (χ1n) is 11.4. The third-order valence-corrected chi connectivity index (χ3v) is 7.66. The number of halogens is 1. The zero-order valence-electron chi connectivity index (χ0n) is 19.5. The second kappa shape index (κ2) is 11.0. The Bertz CT molecular complexity index is 1070. The van der Waals surface area contributed by atoms with Gasteiger partial charge in [0.05, 0.1) is 42.3 Å². The van der Waals surface area contributed by atoms with E-state index in [1.165, 1.54) is 0 Å². The maximum absolute atomic E-state index is 6.07. The molecule has 2 N–H and O–H groups in total. The van der Waals surface area contributed by atoms with Gasteiger partial charge in [-0.15, -0.1) is 0 Å². The van der Waals surface area contributed by atoms with Gasteiger partial charge in [-0.05, 0) is 34.1 Å². The molecule has 3 aromatic heterocycles. The molecule has 0 aliphatic carbocycles. The standard InChI is InChI=1S/C22H32BrN7O2Si/c1-33(2,3)14-13-32-15-17-19-20(16-5-4-6-18(23)25-16)28-29-21(19)27-22(26-17)24-7-8-30-9-11-31-12-10-30/h4-6H,7-15H2,1-3H3,(H2,24,26,27,28,29). The maximum Gasteiger partial charge on any atom is 0.225 e. The van der Waals surface area contributed by atoms with Crippen LogP contribution in [0.25, 0.3) is 22.4 Å². The number of nitrogens with one attached hydrogen (secondary N) is 2. The van der Waals surface area contributed by atoms with Crippen molar-refractivity contribution in [2.75, 3.05) is 51.3 Å². The van der Waals surface area contributed by atoms with Crippen LogP contribution in [-0.4, -0.2) is 84.1 Å². The van der Waals surface area contributed by atoms with E-state index in [1.54, 1.807) is 0 Å². The third kappa shape index (κ3) is 6.79. The van der Waals surface area contributed by atoms with Crippen LogP contribution in [0.15, 0.2) is 22.8 Å². The van der Waals surface area contributed by atoms with Gasteiger partial charge in [0.25, 0.3) is 0 Å². The smallest absolute Gasteiger partial charge is 0.225 e. The molecule has 4 heterocycles. The van der Waals surface area contributed by atoms with Crippen LogP contribution in [-0.2, 0) is 16.1 Å². The highest BCUT2D eigenvalue weighted by molar-refractivity contribution is 9.10. The van der Waals surface area contributed by atoms with E-state index in [4.69, 9.17) is 14.5 Å². The molecule has 0 bridgehead atoms. The molecule has 4 rings (SSSR count). The van der Waals surface area contributed by atoms with Crippen molar-refractivity contribution in [2.24, 2.45) is 0 Å². The number of aromatic amines is 1. The highest BCUT2D eigenvalue weighted by atomic mass is 79.9. The number of nitrogens with zero attached hydrogens (tertiary/aromatic N) is 5. The zero-order chi connectivity index (χ0) is 23.3. The lowest BCUT2D eigenvalue weighted by atomic mass is 10.1. The Labute approximate surface area is 203 Å². The molecule has 1 aliphatic rings. The number of rotatable bonds is 10. The summed E-state index contributed by atoms with van der Waals surface area (Å²) < 4.78 is 12.3. The van der Waals surface area contributed by atoms with Crippen LogP contribution in [0.5, 0.6) is 0 Å². The highest BCUT2D eigenvalue weighted by Crippen LogP contribution is 2.28. The van der Waals surface area contributed by atoms with Gasteiger partial charge in [0.15, 0.2) is 5.65 Å². The second-order valence-electron chi connectivity index (χ2n) is 9.38. The number of pyridine rings is 1. The van der Waals surface area contributed by atoms with Gasteiger partial charge in [-0.1, -0.05) is 25.7 Å². The molecule has 11 heteroatoms. The molecule has 1 fully saturated rings. The minimum Gasteiger partial charge on any atom is -0.379 e. The van der Waals surface area contributed by atoms with Gasteiger partial charge in [-0.25, -0.2) is 9.97 Å². The minimum atomic E-state index is -1.17. The van der Waals surface area contributed by atoms with Gasteiger partial charge in [-0.2, -0.15) is 10.1 Å². The van der Waals surface area contributed by atoms with E-state index in [9.17, 15) is 0 Å². The van der Waals surface area contributed by atoms with Gasteiger partial charge in [0.1, 0.15) is 4.60 Å². The summed E-state index contributed by atoms with van der Waals surface area (Å²) in [7, 11) is -1.17. The largest absolute Gasteiger partial charge is 0.379 e. The zero-order valence-corrected chi connectivity index (χ0v) is 22.1. The van der Waals surface area contributed by atoms with Crippen molar-refractivity contribution in [3.63, 3.8) is 0 Å². The Kier molecular flexibility index (Phi) is 8.07. The number of ether oxygens (including phenoxy) is 2. The number of fused-ring (bicyclic) bond motifs is 1. The molecule has 3 aromatic rings. The molecule has 33 heavy (non-hydrogen) atoms. The molecule has 0 saturated carbocycles. The summed E-state index contributed by atoms with van der Waals surface area (Å²) in [4.78, 5) is 16.4. The predicted molar refractivity (Wildman–Crippen MR) is 136 cm³/mol. The van der Waals surface area contributed by atoms with Crippen LogP contribution < -0.4 is 5.32 Å². The normalized spacial score (nSPS) is 15.3. The lowest BCUT2D eigenvalue weighted by Gasteiger charge is -2.26. The van der Waals surface area contributed by atoms with Crippen LogP contribution in [0, 0.1) is 0 Å². The number of hydrogen-bond donors (Lipinski definition) is 2. The Morgan fingerprint density at radius 3 is 2.76 bits per heavy atom. The number of hydrogen-bond acceptors (Lipinski definition) is 8. The van der Waals surface area contributed by atoms with E-state index in [0.717, 1.165) is 79.1 Å². The summed E-state index contributed by atoms with van der Waals surface area (Å²) in [5.74, 6) is 0.569. The number of aromatic nitrogens is 5. The molecule has 1 aliphatic heterocycles. The fourth-order valence-corrected chi connectivity index (χ4v) is 4.71. The lowest BCUT2D eigenvalue weighted by Crippen LogP contribution is -2.39. The van der Waals surface area contributed by atoms with Crippen LogP contribution in [0.2, 0.25) is 25.7 Å². The lowest BCUT2D eigenvalue weighted by molar-refractivity contribution is 0.0398. The predicted octanol–water partition coefficient (Wildman–Crippen LogP) is 3.78.